The number of hydrogen-bond donors (Lipinski definition) is 2. The standard InChI is InChI=1S/C40H59N4O4/c1-28-26-35(3,4)29(2)30(44-33(47)39(22-14-8-15-23-39)42-40(34(44)48)24-16-9-17-25-40)36(28,5)27-43-31(45)37(18-10-6-11-19-37)41-38(32(43)46)20-12-7-13-21-38/h26-27,41-42H,6-25H2,1-5H3/q+1. The van der Waals surface area contributed by atoms with E-state index in [2.05, 4.69) is 44.4 Å². The van der Waals surface area contributed by atoms with Gasteiger partial charge in [0.1, 0.15) is 16.5 Å². The van der Waals surface area contributed by atoms with Gasteiger partial charge in [-0.3, -0.25) is 20.2 Å². The van der Waals surface area contributed by atoms with Gasteiger partial charge in [0.25, 0.3) is 11.8 Å². The fraction of sp³-hybridized carbons (Fsp3) is 0.775. The van der Waals surface area contributed by atoms with Crippen molar-refractivity contribution < 1.29 is 23.8 Å². The molecule has 4 spiro atoms. The molecule has 2 N–H and O–H groups in total. The molecule has 0 radical (unpaired) electrons. The van der Waals surface area contributed by atoms with Crippen LogP contribution in [0.2, 0.25) is 0 Å². The molecule has 8 nitrogen and oxygen atoms in total. The summed E-state index contributed by atoms with van der Waals surface area (Å²) in [6, 6.07) is 0. The van der Waals surface area contributed by atoms with Gasteiger partial charge in [-0.1, -0.05) is 107 Å². The smallest absolute Gasteiger partial charge is 0.289 e. The third-order valence-electron chi connectivity index (χ3n) is 14.1. The summed E-state index contributed by atoms with van der Waals surface area (Å²) in [6.45, 7) is 10.4. The zero-order chi connectivity index (χ0) is 34.2. The highest BCUT2D eigenvalue weighted by molar-refractivity contribution is 6.10. The first kappa shape index (κ1) is 34.0. The van der Waals surface area contributed by atoms with Gasteiger partial charge >= 0.3 is 11.8 Å². The van der Waals surface area contributed by atoms with Crippen LogP contribution in [0.4, 0.5) is 0 Å². The topological polar surface area (TPSA) is 98.6 Å². The lowest BCUT2D eigenvalue weighted by Gasteiger charge is -2.56. The fourth-order valence-corrected chi connectivity index (χ4v) is 11.0. The molecule has 8 heteroatoms. The lowest BCUT2D eigenvalue weighted by molar-refractivity contribution is -0.406. The van der Waals surface area contributed by atoms with Crippen molar-refractivity contribution in [3.8, 4) is 0 Å². The molecule has 0 aromatic rings. The molecule has 1 unspecified atom stereocenters. The van der Waals surface area contributed by atoms with Gasteiger partial charge in [-0.05, 0) is 77.7 Å². The second kappa shape index (κ2) is 11.8. The van der Waals surface area contributed by atoms with E-state index >= 15 is 9.59 Å². The van der Waals surface area contributed by atoms with Crippen molar-refractivity contribution in [2.24, 2.45) is 10.8 Å². The van der Waals surface area contributed by atoms with E-state index in [1.54, 1.807) is 4.90 Å². The molecule has 7 aliphatic rings. The maximum absolute atomic E-state index is 15.1. The van der Waals surface area contributed by atoms with Crippen LogP contribution in [0.25, 0.3) is 0 Å². The molecule has 4 amide bonds. The zero-order valence-electron chi connectivity index (χ0n) is 30.3. The number of amides is 4. The van der Waals surface area contributed by atoms with Gasteiger partial charge in [0.2, 0.25) is 0 Å². The summed E-state index contributed by atoms with van der Waals surface area (Å²) >= 11 is 0. The fourth-order valence-electron chi connectivity index (χ4n) is 11.0. The molecule has 1 atom stereocenters. The van der Waals surface area contributed by atoms with Crippen molar-refractivity contribution in [1.82, 2.24) is 15.5 Å². The molecular weight excluding hydrogens is 600 g/mol. The van der Waals surface area contributed by atoms with Crippen LogP contribution in [-0.4, -0.2) is 61.5 Å². The van der Waals surface area contributed by atoms with Gasteiger partial charge in [0, 0.05) is 11.1 Å². The molecule has 0 aromatic carbocycles. The summed E-state index contributed by atoms with van der Waals surface area (Å²) in [4.78, 5) is 61.4. The summed E-state index contributed by atoms with van der Waals surface area (Å²) < 4.78 is 1.49. The highest BCUT2D eigenvalue weighted by atomic mass is 16.2. The maximum atomic E-state index is 15.1. The number of nitrogens with one attached hydrogen (secondary N) is 2. The first-order valence-corrected chi connectivity index (χ1v) is 19.4. The monoisotopic (exact) mass is 659 g/mol. The van der Waals surface area contributed by atoms with E-state index in [1.165, 1.54) is 4.58 Å². The van der Waals surface area contributed by atoms with Crippen LogP contribution in [0.5, 0.6) is 0 Å². The van der Waals surface area contributed by atoms with E-state index in [9.17, 15) is 9.59 Å². The van der Waals surface area contributed by atoms with Crippen LogP contribution in [0.3, 0.4) is 0 Å². The van der Waals surface area contributed by atoms with Gasteiger partial charge in [0.15, 0.2) is 6.21 Å². The van der Waals surface area contributed by atoms with Crippen LogP contribution in [-0.2, 0) is 19.2 Å². The lowest BCUT2D eigenvalue weighted by atomic mass is 9.64. The molecule has 2 heterocycles. The van der Waals surface area contributed by atoms with Crippen LogP contribution in [0.15, 0.2) is 22.9 Å². The molecule has 5 aliphatic carbocycles. The first-order chi connectivity index (χ1) is 22.8. The number of piperazine rings is 2. The molecular formula is C40H59N4O4+. The third kappa shape index (κ3) is 5.00. The van der Waals surface area contributed by atoms with Crippen LogP contribution < -0.4 is 10.6 Å². The Labute approximate surface area is 287 Å². The van der Waals surface area contributed by atoms with Gasteiger partial charge in [0.05, 0.1) is 11.1 Å². The molecule has 0 aromatic heterocycles. The molecule has 2 aliphatic heterocycles. The zero-order valence-corrected chi connectivity index (χ0v) is 30.3. The second-order valence-electron chi connectivity index (χ2n) is 17.6. The van der Waals surface area contributed by atoms with Crippen LogP contribution in [0, 0.1) is 10.8 Å². The summed E-state index contributed by atoms with van der Waals surface area (Å²) in [7, 11) is 0. The maximum Gasteiger partial charge on any atom is 0.415 e. The molecule has 4 saturated carbocycles. The summed E-state index contributed by atoms with van der Waals surface area (Å²) in [5.41, 5.74) is -1.98. The Balaban J connectivity index is 1.42. The minimum atomic E-state index is -1.03. The van der Waals surface area contributed by atoms with Crippen molar-refractivity contribution in [3.63, 3.8) is 0 Å². The molecule has 48 heavy (non-hydrogen) atoms. The van der Waals surface area contributed by atoms with Crippen LogP contribution in [0.1, 0.15) is 163 Å². The van der Waals surface area contributed by atoms with E-state index in [0.29, 0.717) is 5.70 Å². The number of carbonyl (C=O) groups is 4. The molecule has 2 saturated heterocycles. The number of allylic oxidation sites excluding steroid dienone is 3. The summed E-state index contributed by atoms with van der Waals surface area (Å²) in [6.07, 6.45) is 21.9. The van der Waals surface area contributed by atoms with Crippen molar-refractivity contribution >= 4 is 29.8 Å². The Morgan fingerprint density at radius 2 is 0.938 bits per heavy atom. The number of imide groups is 2. The Morgan fingerprint density at radius 1 is 0.583 bits per heavy atom. The third-order valence-corrected chi connectivity index (χ3v) is 14.1. The van der Waals surface area contributed by atoms with Gasteiger partial charge in [-0.2, -0.15) is 0 Å². The summed E-state index contributed by atoms with van der Waals surface area (Å²) in [5, 5.41) is 7.53. The van der Waals surface area contributed by atoms with E-state index in [0.717, 1.165) is 140 Å². The van der Waals surface area contributed by atoms with Crippen molar-refractivity contribution in [1.29, 1.82) is 0 Å². The van der Waals surface area contributed by atoms with Crippen molar-refractivity contribution in [2.75, 3.05) is 0 Å². The van der Waals surface area contributed by atoms with Gasteiger partial charge in [-0.15, -0.1) is 0 Å². The van der Waals surface area contributed by atoms with Crippen molar-refractivity contribution in [2.45, 2.75) is 185 Å². The Hall–Kier alpha value is -2.45. The quantitative estimate of drug-likeness (QED) is 0.193. The Bertz CT molecular complexity index is 1420. The predicted octanol–water partition coefficient (Wildman–Crippen LogP) is 6.76. The molecule has 0 bridgehead atoms. The molecule has 7 rings (SSSR count). The highest BCUT2D eigenvalue weighted by Crippen LogP contribution is 2.52. The van der Waals surface area contributed by atoms with Crippen LogP contribution >= 0.6 is 0 Å². The summed E-state index contributed by atoms with van der Waals surface area (Å²) in [5.74, 6) is -0.615. The van der Waals surface area contributed by atoms with E-state index in [1.807, 2.05) is 13.1 Å². The normalized spacial score (nSPS) is 32.7. The SMILES string of the molecule is CC1=CC(C)(C)C(C)=C(N2C(=O)C3(CCCCC3)NC3(CCCCC3)C2=O)C1(C)C=[N+]1C(=O)C2(CCCCC2)NC2(CCCCC2)C1=O. The molecule has 6 fully saturated rings. The number of nitrogens with zero attached hydrogens (tertiary/aromatic N) is 2. The van der Waals surface area contributed by atoms with Gasteiger partial charge in [-0.25, -0.2) is 14.5 Å². The molecule has 262 valence electrons. The van der Waals surface area contributed by atoms with Gasteiger partial charge < -0.3 is 0 Å². The number of rotatable bonds is 2. The first-order valence-electron chi connectivity index (χ1n) is 19.4. The van der Waals surface area contributed by atoms with E-state index in [4.69, 9.17) is 0 Å². The minimum absolute atomic E-state index is 0.145. The van der Waals surface area contributed by atoms with Crippen molar-refractivity contribution in [3.05, 3.63) is 22.9 Å². The average Bonchev–Trinajstić information content (AvgIpc) is 3.07. The Morgan fingerprint density at radius 3 is 1.33 bits per heavy atom. The number of carbonyl (C=O) groups excluding carboxylic acids is 4. The lowest BCUT2D eigenvalue weighted by Crippen LogP contribution is -2.77. The van der Waals surface area contributed by atoms with E-state index in [-0.39, 0.29) is 23.6 Å². The van der Waals surface area contributed by atoms with E-state index < -0.39 is 33.0 Å². The average molecular weight is 660 g/mol. The largest absolute Gasteiger partial charge is 0.415 e. The predicted molar refractivity (Wildman–Crippen MR) is 186 cm³/mol. The number of hydrogen-bond acceptors (Lipinski definition) is 6. The highest BCUT2D eigenvalue weighted by Gasteiger charge is 2.65. The second-order valence-corrected chi connectivity index (χ2v) is 17.6. The minimum Gasteiger partial charge on any atom is -0.289 e. The Kier molecular flexibility index (Phi) is 8.38.